The first-order valence-electron chi connectivity index (χ1n) is 5.05. The first kappa shape index (κ1) is 14.5. The summed E-state index contributed by atoms with van der Waals surface area (Å²) in [7, 11) is 0. The number of nitrogens with zero attached hydrogens (tertiary/aromatic N) is 1. The average Bonchev–Trinajstić information content (AvgIpc) is 2.19. The van der Waals surface area contributed by atoms with Crippen LogP contribution in [-0.2, 0) is 4.74 Å². The fourth-order valence-electron chi connectivity index (χ4n) is 1.22. The fourth-order valence-corrected chi connectivity index (χ4v) is 1.22. The van der Waals surface area contributed by atoms with Gasteiger partial charge in [-0.3, -0.25) is 4.90 Å². The zero-order valence-electron chi connectivity index (χ0n) is 9.01. The molecule has 5 heteroatoms. The first-order chi connectivity index (χ1) is 7.24. The highest BCUT2D eigenvalue weighted by molar-refractivity contribution is 4.67. The Hall–Kier alpha value is -0.460. The van der Waals surface area contributed by atoms with E-state index in [2.05, 4.69) is 6.58 Å². The summed E-state index contributed by atoms with van der Waals surface area (Å²) >= 11 is 0. The van der Waals surface area contributed by atoms with E-state index in [-0.39, 0.29) is 19.8 Å². The Bertz CT molecular complexity index is 148. The predicted octanol–water partition coefficient (Wildman–Crippen LogP) is -1.16. The Morgan fingerprint density at radius 1 is 1.27 bits per heavy atom. The third-order valence-corrected chi connectivity index (χ3v) is 1.85. The number of aliphatic hydroxyl groups excluding tert-OH is 3. The lowest BCUT2D eigenvalue weighted by Gasteiger charge is -2.23. The molecule has 0 aromatic rings. The van der Waals surface area contributed by atoms with Gasteiger partial charge in [0, 0.05) is 19.6 Å². The quantitative estimate of drug-likeness (QED) is 0.319. The average molecular weight is 219 g/mol. The minimum Gasteiger partial charge on any atom is -0.395 e. The summed E-state index contributed by atoms with van der Waals surface area (Å²) in [6.45, 7) is 5.45. The molecule has 15 heavy (non-hydrogen) atoms. The van der Waals surface area contributed by atoms with Crippen molar-refractivity contribution in [2.24, 2.45) is 0 Å². The van der Waals surface area contributed by atoms with Crippen LogP contribution in [0.15, 0.2) is 12.7 Å². The Morgan fingerprint density at radius 3 is 2.33 bits per heavy atom. The molecule has 0 aromatic heterocycles. The Balaban J connectivity index is 3.66. The van der Waals surface area contributed by atoms with Crippen molar-refractivity contribution in [3.05, 3.63) is 12.7 Å². The summed E-state index contributed by atoms with van der Waals surface area (Å²) in [6.07, 6.45) is 1.01. The molecule has 5 nitrogen and oxygen atoms in total. The second-order valence-electron chi connectivity index (χ2n) is 3.23. The molecule has 0 saturated carbocycles. The van der Waals surface area contributed by atoms with Crippen LogP contribution in [0.25, 0.3) is 0 Å². The molecule has 0 aliphatic rings. The standard InChI is InChI=1S/C10H21NO4/c1-2-7-15-9-10(14)8-11(3-5-12)4-6-13/h2,10,12-14H,1,3-9H2. The van der Waals surface area contributed by atoms with Crippen molar-refractivity contribution in [1.82, 2.24) is 4.90 Å². The van der Waals surface area contributed by atoms with Gasteiger partial charge in [0.1, 0.15) is 0 Å². The van der Waals surface area contributed by atoms with E-state index >= 15 is 0 Å². The molecular formula is C10H21NO4. The molecule has 1 unspecified atom stereocenters. The molecule has 90 valence electrons. The Labute approximate surface area is 90.6 Å². The van der Waals surface area contributed by atoms with Crippen LogP contribution in [-0.4, -0.2) is 72.4 Å². The summed E-state index contributed by atoms with van der Waals surface area (Å²) in [5, 5.41) is 27.0. The smallest absolute Gasteiger partial charge is 0.0900 e. The van der Waals surface area contributed by atoms with Crippen LogP contribution < -0.4 is 0 Å². The number of rotatable bonds is 10. The molecule has 0 bridgehead atoms. The van der Waals surface area contributed by atoms with Gasteiger partial charge in [0.15, 0.2) is 0 Å². The Kier molecular flexibility index (Phi) is 9.76. The maximum absolute atomic E-state index is 9.54. The molecule has 0 amide bonds. The molecule has 0 aliphatic carbocycles. The van der Waals surface area contributed by atoms with E-state index in [1.807, 2.05) is 0 Å². The summed E-state index contributed by atoms with van der Waals surface area (Å²) in [5.74, 6) is 0. The monoisotopic (exact) mass is 219 g/mol. The van der Waals surface area contributed by atoms with Crippen molar-refractivity contribution in [2.45, 2.75) is 6.10 Å². The number of ether oxygens (including phenoxy) is 1. The van der Waals surface area contributed by atoms with Gasteiger partial charge in [0.2, 0.25) is 0 Å². The summed E-state index contributed by atoms with van der Waals surface area (Å²) in [5.41, 5.74) is 0. The van der Waals surface area contributed by atoms with Crippen LogP contribution in [0.1, 0.15) is 0 Å². The van der Waals surface area contributed by atoms with E-state index in [1.165, 1.54) is 0 Å². The van der Waals surface area contributed by atoms with Crippen molar-refractivity contribution in [1.29, 1.82) is 0 Å². The van der Waals surface area contributed by atoms with Crippen molar-refractivity contribution >= 4 is 0 Å². The molecule has 0 rings (SSSR count). The second kappa shape index (κ2) is 10.1. The number of hydrogen-bond donors (Lipinski definition) is 3. The van der Waals surface area contributed by atoms with Crippen LogP contribution in [0, 0.1) is 0 Å². The van der Waals surface area contributed by atoms with Gasteiger partial charge in [-0.2, -0.15) is 0 Å². The highest BCUT2D eigenvalue weighted by Crippen LogP contribution is 1.93. The van der Waals surface area contributed by atoms with Gasteiger partial charge in [0.25, 0.3) is 0 Å². The summed E-state index contributed by atoms with van der Waals surface area (Å²) < 4.78 is 5.08. The van der Waals surface area contributed by atoms with E-state index in [0.29, 0.717) is 26.2 Å². The normalized spacial score (nSPS) is 13.1. The van der Waals surface area contributed by atoms with E-state index in [0.717, 1.165) is 0 Å². The van der Waals surface area contributed by atoms with Crippen molar-refractivity contribution in [3.8, 4) is 0 Å². The van der Waals surface area contributed by atoms with Crippen LogP contribution in [0.5, 0.6) is 0 Å². The van der Waals surface area contributed by atoms with Crippen LogP contribution in [0.3, 0.4) is 0 Å². The fraction of sp³-hybridized carbons (Fsp3) is 0.800. The summed E-state index contributed by atoms with van der Waals surface area (Å²) in [4.78, 5) is 1.78. The topological polar surface area (TPSA) is 73.2 Å². The number of hydrogen-bond acceptors (Lipinski definition) is 5. The van der Waals surface area contributed by atoms with Gasteiger partial charge >= 0.3 is 0 Å². The predicted molar refractivity (Wildman–Crippen MR) is 57.6 cm³/mol. The van der Waals surface area contributed by atoms with E-state index in [4.69, 9.17) is 14.9 Å². The van der Waals surface area contributed by atoms with E-state index in [9.17, 15) is 5.11 Å². The molecule has 0 spiro atoms. The second-order valence-corrected chi connectivity index (χ2v) is 3.23. The Morgan fingerprint density at radius 2 is 1.87 bits per heavy atom. The SMILES string of the molecule is C=CCOCC(O)CN(CCO)CCO. The summed E-state index contributed by atoms with van der Waals surface area (Å²) in [6, 6.07) is 0. The molecule has 3 N–H and O–H groups in total. The van der Waals surface area contributed by atoms with Crippen LogP contribution >= 0.6 is 0 Å². The van der Waals surface area contributed by atoms with E-state index in [1.54, 1.807) is 11.0 Å². The molecule has 0 radical (unpaired) electrons. The zero-order valence-corrected chi connectivity index (χ0v) is 9.01. The lowest BCUT2D eigenvalue weighted by Crippen LogP contribution is -2.38. The third-order valence-electron chi connectivity index (χ3n) is 1.85. The van der Waals surface area contributed by atoms with Gasteiger partial charge in [-0.15, -0.1) is 6.58 Å². The highest BCUT2D eigenvalue weighted by atomic mass is 16.5. The van der Waals surface area contributed by atoms with Gasteiger partial charge < -0.3 is 20.1 Å². The lowest BCUT2D eigenvalue weighted by atomic mass is 10.3. The number of aliphatic hydroxyl groups is 3. The molecule has 0 aliphatic heterocycles. The van der Waals surface area contributed by atoms with Crippen molar-refractivity contribution < 1.29 is 20.1 Å². The maximum atomic E-state index is 9.54. The largest absolute Gasteiger partial charge is 0.395 e. The molecule has 0 fully saturated rings. The zero-order chi connectivity index (χ0) is 11.5. The molecule has 0 heterocycles. The van der Waals surface area contributed by atoms with Gasteiger partial charge in [-0.1, -0.05) is 6.08 Å². The van der Waals surface area contributed by atoms with Gasteiger partial charge in [-0.25, -0.2) is 0 Å². The van der Waals surface area contributed by atoms with Crippen LogP contribution in [0.2, 0.25) is 0 Å². The minimum absolute atomic E-state index is 0.0141. The van der Waals surface area contributed by atoms with Crippen molar-refractivity contribution in [2.75, 3.05) is 46.1 Å². The van der Waals surface area contributed by atoms with Crippen molar-refractivity contribution in [3.63, 3.8) is 0 Å². The lowest BCUT2D eigenvalue weighted by molar-refractivity contribution is 0.0199. The van der Waals surface area contributed by atoms with Gasteiger partial charge in [-0.05, 0) is 0 Å². The molecule has 0 aromatic carbocycles. The third kappa shape index (κ3) is 8.53. The molecule has 0 saturated heterocycles. The highest BCUT2D eigenvalue weighted by Gasteiger charge is 2.10. The maximum Gasteiger partial charge on any atom is 0.0900 e. The minimum atomic E-state index is -0.608. The first-order valence-corrected chi connectivity index (χ1v) is 5.05. The molecular weight excluding hydrogens is 198 g/mol. The molecule has 1 atom stereocenters. The van der Waals surface area contributed by atoms with Gasteiger partial charge in [0.05, 0.1) is 32.5 Å². The van der Waals surface area contributed by atoms with E-state index < -0.39 is 6.10 Å². The van der Waals surface area contributed by atoms with Crippen LogP contribution in [0.4, 0.5) is 0 Å².